The van der Waals surface area contributed by atoms with E-state index >= 15 is 0 Å². The maximum absolute atomic E-state index is 14.1. The number of rotatable bonds is 4. The Bertz CT molecular complexity index is 875. The summed E-state index contributed by atoms with van der Waals surface area (Å²) >= 11 is 0. The second-order valence-corrected chi connectivity index (χ2v) is 10.6. The number of nitrogens with one attached hydrogen (secondary N) is 1. The Morgan fingerprint density at radius 1 is 1.30 bits per heavy atom. The van der Waals surface area contributed by atoms with Crippen LogP contribution in [0.5, 0.6) is 0 Å². The molecule has 2 aliphatic heterocycles. The van der Waals surface area contributed by atoms with E-state index in [1.54, 1.807) is 18.2 Å². The molecule has 27 heavy (non-hydrogen) atoms. The van der Waals surface area contributed by atoms with Gasteiger partial charge in [-0.3, -0.25) is 9.59 Å². The molecule has 2 amide bonds. The summed E-state index contributed by atoms with van der Waals surface area (Å²) in [6, 6.07) is 6.41. The van der Waals surface area contributed by atoms with Gasteiger partial charge in [0.05, 0.1) is 11.7 Å². The molecule has 1 N–H and O–H groups in total. The molecule has 148 valence electrons. The van der Waals surface area contributed by atoms with Crippen molar-refractivity contribution < 1.29 is 22.4 Å². The summed E-state index contributed by atoms with van der Waals surface area (Å²) in [6.45, 7) is 5.37. The van der Waals surface area contributed by atoms with Crippen molar-refractivity contribution in [1.82, 2.24) is 10.2 Å². The first-order valence-corrected chi connectivity index (χ1v) is 10.7. The molecule has 0 bridgehead atoms. The number of carbonyl (C=O) groups is 2. The number of likely N-dealkylation sites (tertiary alicyclic amines) is 1. The third-order valence-electron chi connectivity index (χ3n) is 5.92. The third kappa shape index (κ3) is 3.24. The van der Waals surface area contributed by atoms with E-state index in [9.17, 15) is 22.4 Å². The highest BCUT2D eigenvalue weighted by atomic mass is 32.2. The molecule has 0 aromatic heterocycles. The Kier molecular flexibility index (Phi) is 4.82. The number of halogens is 1. The summed E-state index contributed by atoms with van der Waals surface area (Å²) < 4.78 is 38.0. The summed E-state index contributed by atoms with van der Waals surface area (Å²) in [5.74, 6) is -1.61. The van der Waals surface area contributed by atoms with Crippen LogP contribution in [0.25, 0.3) is 0 Å². The van der Waals surface area contributed by atoms with Crippen molar-refractivity contribution in [2.24, 2.45) is 5.92 Å². The lowest BCUT2D eigenvalue weighted by molar-refractivity contribution is -0.138. The SMILES string of the molecule is CC(=O)N1CC2(C1)C(C(=O)NCC(C)(C)c1ccccc1F)CCS2(=O)=O. The molecule has 1 spiro atoms. The summed E-state index contributed by atoms with van der Waals surface area (Å²) in [6.07, 6.45) is 0.250. The number of sulfone groups is 1. The van der Waals surface area contributed by atoms with Crippen LogP contribution in [-0.4, -0.2) is 55.3 Å². The van der Waals surface area contributed by atoms with Gasteiger partial charge >= 0.3 is 0 Å². The summed E-state index contributed by atoms with van der Waals surface area (Å²) in [5, 5.41) is 2.82. The highest BCUT2D eigenvalue weighted by Crippen LogP contribution is 2.44. The number of amides is 2. The average Bonchev–Trinajstić information content (AvgIpc) is 2.82. The van der Waals surface area contributed by atoms with Crippen molar-refractivity contribution in [3.8, 4) is 0 Å². The molecule has 1 unspecified atom stereocenters. The molecule has 0 saturated carbocycles. The van der Waals surface area contributed by atoms with Crippen LogP contribution in [0.2, 0.25) is 0 Å². The van der Waals surface area contributed by atoms with E-state index in [0.717, 1.165) is 0 Å². The minimum absolute atomic E-state index is 0.0481. The maximum atomic E-state index is 14.1. The lowest BCUT2D eigenvalue weighted by Crippen LogP contribution is -2.69. The van der Waals surface area contributed by atoms with E-state index in [0.29, 0.717) is 5.56 Å². The molecular formula is C19H25FN2O4S. The van der Waals surface area contributed by atoms with Crippen LogP contribution < -0.4 is 5.32 Å². The first-order valence-electron chi connectivity index (χ1n) is 9.01. The Balaban J connectivity index is 1.73. The van der Waals surface area contributed by atoms with Crippen LogP contribution >= 0.6 is 0 Å². The van der Waals surface area contributed by atoms with Crippen molar-refractivity contribution in [2.45, 2.75) is 37.4 Å². The normalized spacial score (nSPS) is 23.1. The fourth-order valence-electron chi connectivity index (χ4n) is 4.10. The molecule has 1 aromatic carbocycles. The number of hydrogen-bond acceptors (Lipinski definition) is 4. The number of carbonyl (C=O) groups excluding carboxylic acids is 2. The molecular weight excluding hydrogens is 371 g/mol. The van der Waals surface area contributed by atoms with E-state index in [2.05, 4.69) is 5.32 Å². The van der Waals surface area contributed by atoms with Crippen LogP contribution in [-0.2, 0) is 24.8 Å². The lowest BCUT2D eigenvalue weighted by Gasteiger charge is -2.49. The largest absolute Gasteiger partial charge is 0.355 e. The van der Waals surface area contributed by atoms with Gasteiger partial charge in [0.15, 0.2) is 9.84 Å². The van der Waals surface area contributed by atoms with Crippen molar-refractivity contribution in [1.29, 1.82) is 0 Å². The lowest BCUT2D eigenvalue weighted by atomic mass is 9.81. The van der Waals surface area contributed by atoms with Gasteiger partial charge in [0.25, 0.3) is 0 Å². The molecule has 2 aliphatic rings. The molecule has 0 aliphatic carbocycles. The predicted molar refractivity (Wildman–Crippen MR) is 99.3 cm³/mol. The monoisotopic (exact) mass is 396 g/mol. The topological polar surface area (TPSA) is 83.6 Å². The standard InChI is InChI=1S/C19H25FN2O4S/c1-13(23)22-11-19(12-22)15(8-9-27(19,25)26)17(24)21-10-18(2,3)14-6-4-5-7-16(14)20/h4-7,15H,8-12H2,1-3H3,(H,21,24). The fraction of sp³-hybridized carbons (Fsp3) is 0.579. The van der Waals surface area contributed by atoms with Gasteiger partial charge in [0.2, 0.25) is 11.8 Å². The number of benzene rings is 1. The van der Waals surface area contributed by atoms with E-state index in [1.807, 2.05) is 13.8 Å². The average molecular weight is 396 g/mol. The van der Waals surface area contributed by atoms with Gasteiger partial charge in [-0.15, -0.1) is 0 Å². The third-order valence-corrected chi connectivity index (χ3v) is 8.47. The highest BCUT2D eigenvalue weighted by molar-refractivity contribution is 7.93. The van der Waals surface area contributed by atoms with Crippen LogP contribution in [0.4, 0.5) is 4.39 Å². The zero-order valence-corrected chi connectivity index (χ0v) is 16.6. The van der Waals surface area contributed by atoms with Gasteiger partial charge in [-0.2, -0.15) is 0 Å². The molecule has 2 fully saturated rings. The minimum Gasteiger partial charge on any atom is -0.355 e. The highest BCUT2D eigenvalue weighted by Gasteiger charge is 2.64. The van der Waals surface area contributed by atoms with E-state index < -0.39 is 25.9 Å². The van der Waals surface area contributed by atoms with Gasteiger partial charge in [-0.25, -0.2) is 12.8 Å². The molecule has 6 nitrogen and oxygen atoms in total. The van der Waals surface area contributed by atoms with Crippen molar-refractivity contribution >= 4 is 21.7 Å². The molecule has 2 heterocycles. The zero-order chi connectivity index (χ0) is 20.0. The summed E-state index contributed by atoms with van der Waals surface area (Å²) in [4.78, 5) is 25.8. The van der Waals surface area contributed by atoms with Gasteiger partial charge < -0.3 is 10.2 Å². The van der Waals surface area contributed by atoms with E-state index in [-0.39, 0.29) is 49.4 Å². The first-order chi connectivity index (χ1) is 12.5. The van der Waals surface area contributed by atoms with Crippen molar-refractivity contribution in [2.75, 3.05) is 25.4 Å². The van der Waals surface area contributed by atoms with Gasteiger partial charge in [-0.1, -0.05) is 32.0 Å². The van der Waals surface area contributed by atoms with Crippen LogP contribution in [0.1, 0.15) is 32.8 Å². The Hall–Kier alpha value is -1.96. The Morgan fingerprint density at radius 2 is 1.93 bits per heavy atom. The Labute approximate surface area is 159 Å². The van der Waals surface area contributed by atoms with Crippen molar-refractivity contribution in [3.05, 3.63) is 35.6 Å². The smallest absolute Gasteiger partial charge is 0.224 e. The van der Waals surface area contributed by atoms with Crippen LogP contribution in [0.15, 0.2) is 24.3 Å². The van der Waals surface area contributed by atoms with Gasteiger partial charge in [-0.05, 0) is 18.1 Å². The van der Waals surface area contributed by atoms with Gasteiger partial charge in [0, 0.05) is 32.0 Å². The predicted octanol–water partition coefficient (Wildman–Crippen LogP) is 1.26. The molecule has 0 radical (unpaired) electrons. The Morgan fingerprint density at radius 3 is 2.52 bits per heavy atom. The molecule has 1 atom stereocenters. The second kappa shape index (κ2) is 6.58. The van der Waals surface area contributed by atoms with Crippen LogP contribution in [0, 0.1) is 11.7 Å². The molecule has 2 saturated heterocycles. The summed E-state index contributed by atoms with van der Waals surface area (Å²) in [7, 11) is -3.44. The first kappa shape index (κ1) is 19.8. The zero-order valence-electron chi connectivity index (χ0n) is 15.8. The number of hydrogen-bond donors (Lipinski definition) is 1. The molecule has 1 aromatic rings. The molecule has 3 rings (SSSR count). The van der Waals surface area contributed by atoms with Crippen molar-refractivity contribution in [3.63, 3.8) is 0 Å². The van der Waals surface area contributed by atoms with Crippen LogP contribution in [0.3, 0.4) is 0 Å². The molecule has 8 heteroatoms. The van der Waals surface area contributed by atoms with E-state index in [4.69, 9.17) is 0 Å². The van der Waals surface area contributed by atoms with E-state index in [1.165, 1.54) is 17.9 Å². The summed E-state index contributed by atoms with van der Waals surface area (Å²) in [5.41, 5.74) is -0.151. The number of nitrogens with zero attached hydrogens (tertiary/aromatic N) is 1. The fourth-order valence-corrected chi connectivity index (χ4v) is 6.42. The maximum Gasteiger partial charge on any atom is 0.224 e. The second-order valence-electron chi connectivity index (χ2n) is 8.18. The minimum atomic E-state index is -3.44. The van der Waals surface area contributed by atoms with Gasteiger partial charge in [0.1, 0.15) is 10.6 Å². The quantitative estimate of drug-likeness (QED) is 0.830.